The molecule has 1 aliphatic rings. The molecule has 0 N–H and O–H groups in total. The zero-order valence-electron chi connectivity index (χ0n) is 11.9. The van der Waals surface area contributed by atoms with Gasteiger partial charge in [0.15, 0.2) is 0 Å². The molecule has 1 saturated carbocycles. The first-order chi connectivity index (χ1) is 9.90. The van der Waals surface area contributed by atoms with Crippen LogP contribution in [0.4, 0.5) is 0 Å². The van der Waals surface area contributed by atoms with Crippen molar-refractivity contribution in [1.82, 2.24) is 0 Å². The molecule has 0 heterocycles. The van der Waals surface area contributed by atoms with Crippen molar-refractivity contribution in [3.8, 4) is 0 Å². The Labute approximate surface area is 136 Å². The summed E-state index contributed by atoms with van der Waals surface area (Å²) < 4.78 is 28.7. The highest BCUT2D eigenvalue weighted by Gasteiger charge is 2.36. The van der Waals surface area contributed by atoms with Crippen molar-refractivity contribution >= 4 is 31.3 Å². The Morgan fingerprint density at radius 3 is 2.43 bits per heavy atom. The van der Waals surface area contributed by atoms with Gasteiger partial charge in [-0.2, -0.15) is 0 Å². The molecule has 1 fully saturated rings. The minimum absolute atomic E-state index is 0.00984. The number of ether oxygens (including phenoxy) is 1. The van der Waals surface area contributed by atoms with Crippen molar-refractivity contribution in [2.24, 2.45) is 5.41 Å². The summed E-state index contributed by atoms with van der Waals surface area (Å²) in [6.07, 6.45) is 4.90. The van der Waals surface area contributed by atoms with Crippen LogP contribution in [-0.2, 0) is 20.4 Å². The second-order valence-corrected chi connectivity index (χ2v) is 9.01. The SMILES string of the molecule is O=S(=O)(Cl)CC1(COCc2ccccc2Cl)CCCCC1. The summed E-state index contributed by atoms with van der Waals surface area (Å²) in [5.41, 5.74) is 0.568. The number of hydrogen-bond acceptors (Lipinski definition) is 3. The summed E-state index contributed by atoms with van der Waals surface area (Å²) >= 11 is 6.09. The molecule has 0 atom stereocenters. The lowest BCUT2D eigenvalue weighted by molar-refractivity contribution is 0.0242. The van der Waals surface area contributed by atoms with E-state index in [0.717, 1.165) is 37.7 Å². The van der Waals surface area contributed by atoms with Gasteiger partial charge in [-0.25, -0.2) is 8.42 Å². The van der Waals surface area contributed by atoms with Gasteiger partial charge in [0.05, 0.1) is 19.0 Å². The van der Waals surface area contributed by atoms with Gasteiger partial charge in [-0.05, 0) is 24.5 Å². The van der Waals surface area contributed by atoms with E-state index in [1.165, 1.54) is 0 Å². The Bertz CT molecular complexity index is 566. The van der Waals surface area contributed by atoms with Gasteiger partial charge < -0.3 is 4.74 Å². The summed E-state index contributed by atoms with van der Waals surface area (Å²) in [4.78, 5) is 0. The Morgan fingerprint density at radius 2 is 1.81 bits per heavy atom. The molecule has 0 amide bonds. The van der Waals surface area contributed by atoms with Crippen LogP contribution in [0.1, 0.15) is 37.7 Å². The fraction of sp³-hybridized carbons (Fsp3) is 0.600. The first-order valence-corrected chi connectivity index (χ1v) is 9.99. The number of halogens is 2. The molecule has 0 spiro atoms. The highest BCUT2D eigenvalue weighted by molar-refractivity contribution is 8.13. The van der Waals surface area contributed by atoms with Crippen LogP contribution in [-0.4, -0.2) is 20.8 Å². The van der Waals surface area contributed by atoms with Gasteiger partial charge >= 0.3 is 0 Å². The molecule has 1 aromatic carbocycles. The molecule has 0 unspecified atom stereocenters. The lowest BCUT2D eigenvalue weighted by Gasteiger charge is -2.36. The molecule has 6 heteroatoms. The molecule has 1 aliphatic carbocycles. The summed E-state index contributed by atoms with van der Waals surface area (Å²) in [7, 11) is 1.95. The Balaban J connectivity index is 1.98. The van der Waals surface area contributed by atoms with E-state index in [1.807, 2.05) is 24.3 Å². The minimum atomic E-state index is -3.52. The highest BCUT2D eigenvalue weighted by atomic mass is 35.7. The predicted octanol–water partition coefficient (Wildman–Crippen LogP) is 4.38. The molecule has 0 aliphatic heterocycles. The Kier molecular flexibility index (Phi) is 5.95. The Morgan fingerprint density at radius 1 is 1.14 bits per heavy atom. The van der Waals surface area contributed by atoms with Crippen molar-refractivity contribution in [3.63, 3.8) is 0 Å². The molecular formula is C15H20Cl2O3S. The van der Waals surface area contributed by atoms with Gasteiger partial charge in [0.25, 0.3) is 0 Å². The quantitative estimate of drug-likeness (QED) is 0.715. The molecule has 118 valence electrons. The van der Waals surface area contributed by atoms with Crippen molar-refractivity contribution in [2.45, 2.75) is 38.7 Å². The predicted molar refractivity (Wildman–Crippen MR) is 86.3 cm³/mol. The highest BCUT2D eigenvalue weighted by Crippen LogP contribution is 2.38. The third kappa shape index (κ3) is 5.44. The summed E-state index contributed by atoms with van der Waals surface area (Å²) in [6, 6.07) is 7.51. The Hall–Kier alpha value is -0.290. The van der Waals surface area contributed by atoms with E-state index in [0.29, 0.717) is 18.2 Å². The maximum Gasteiger partial charge on any atom is 0.233 e. The maximum absolute atomic E-state index is 11.5. The van der Waals surface area contributed by atoms with Crippen LogP contribution >= 0.6 is 22.3 Å². The molecule has 0 bridgehead atoms. The van der Waals surface area contributed by atoms with Crippen LogP contribution in [0.5, 0.6) is 0 Å². The monoisotopic (exact) mass is 350 g/mol. The van der Waals surface area contributed by atoms with E-state index in [9.17, 15) is 8.42 Å². The van der Waals surface area contributed by atoms with Crippen molar-refractivity contribution in [3.05, 3.63) is 34.9 Å². The minimum Gasteiger partial charge on any atom is -0.376 e. The fourth-order valence-corrected chi connectivity index (χ4v) is 4.98. The van der Waals surface area contributed by atoms with Crippen LogP contribution in [0, 0.1) is 5.41 Å². The van der Waals surface area contributed by atoms with Gasteiger partial charge in [-0.3, -0.25) is 0 Å². The van der Waals surface area contributed by atoms with Crippen molar-refractivity contribution in [2.75, 3.05) is 12.4 Å². The van der Waals surface area contributed by atoms with Crippen molar-refractivity contribution in [1.29, 1.82) is 0 Å². The normalized spacial score (nSPS) is 18.6. The zero-order valence-corrected chi connectivity index (χ0v) is 14.2. The van der Waals surface area contributed by atoms with Crippen molar-refractivity contribution < 1.29 is 13.2 Å². The van der Waals surface area contributed by atoms with Gasteiger partial charge in [0.2, 0.25) is 9.05 Å². The van der Waals surface area contributed by atoms with Crippen LogP contribution in [0.2, 0.25) is 5.02 Å². The molecule has 3 nitrogen and oxygen atoms in total. The number of rotatable bonds is 6. The topological polar surface area (TPSA) is 43.4 Å². The number of hydrogen-bond donors (Lipinski definition) is 0. The third-order valence-electron chi connectivity index (χ3n) is 4.02. The molecule has 1 aromatic rings. The lowest BCUT2D eigenvalue weighted by atomic mass is 9.76. The van der Waals surface area contributed by atoms with E-state index < -0.39 is 9.05 Å². The third-order valence-corrected chi connectivity index (χ3v) is 5.67. The van der Waals surface area contributed by atoms with Gasteiger partial charge in [0.1, 0.15) is 0 Å². The van der Waals surface area contributed by atoms with E-state index in [4.69, 9.17) is 27.0 Å². The van der Waals surface area contributed by atoms with E-state index >= 15 is 0 Å². The summed E-state index contributed by atoms with van der Waals surface area (Å²) in [5.74, 6) is -0.00984. The largest absolute Gasteiger partial charge is 0.376 e. The van der Waals surface area contributed by atoms with Crippen LogP contribution in [0.25, 0.3) is 0 Å². The second-order valence-electron chi connectivity index (χ2n) is 5.83. The van der Waals surface area contributed by atoms with Crippen LogP contribution < -0.4 is 0 Å². The summed E-state index contributed by atoms with van der Waals surface area (Å²) in [5, 5.41) is 0.667. The first-order valence-electron chi connectivity index (χ1n) is 7.14. The van der Waals surface area contributed by atoms with E-state index in [2.05, 4.69) is 0 Å². The standard InChI is InChI=1S/C15H20Cl2O3S/c16-14-7-3-2-6-13(14)10-20-11-15(12-21(17,18)19)8-4-1-5-9-15/h2-3,6-7H,1,4-5,8-12H2. The molecule has 2 rings (SSSR count). The molecule has 0 saturated heterocycles. The average Bonchev–Trinajstić information content (AvgIpc) is 2.40. The van der Waals surface area contributed by atoms with Gasteiger partial charge in [0, 0.05) is 21.1 Å². The van der Waals surface area contributed by atoms with E-state index in [1.54, 1.807) is 0 Å². The van der Waals surface area contributed by atoms with Gasteiger partial charge in [-0.15, -0.1) is 0 Å². The second kappa shape index (κ2) is 7.32. The lowest BCUT2D eigenvalue weighted by Crippen LogP contribution is -2.35. The first kappa shape index (κ1) is 17.1. The zero-order chi connectivity index (χ0) is 15.3. The average molecular weight is 351 g/mol. The molecule has 21 heavy (non-hydrogen) atoms. The maximum atomic E-state index is 11.5. The number of benzene rings is 1. The molecule has 0 radical (unpaired) electrons. The molecule has 0 aromatic heterocycles. The smallest absolute Gasteiger partial charge is 0.233 e. The summed E-state index contributed by atoms with van der Waals surface area (Å²) in [6.45, 7) is 0.800. The van der Waals surface area contributed by atoms with Gasteiger partial charge in [-0.1, -0.05) is 49.1 Å². The molecular weight excluding hydrogens is 331 g/mol. The van der Waals surface area contributed by atoms with E-state index in [-0.39, 0.29) is 11.2 Å². The van der Waals surface area contributed by atoms with Crippen LogP contribution in [0.3, 0.4) is 0 Å². The van der Waals surface area contributed by atoms with Crippen LogP contribution in [0.15, 0.2) is 24.3 Å². The fourth-order valence-electron chi connectivity index (χ4n) is 2.99.